The number of rotatable bonds is 5. The molecule has 1 N–H and O–H groups in total. The summed E-state index contributed by atoms with van der Waals surface area (Å²) in [6.07, 6.45) is 0.419. The van der Waals surface area contributed by atoms with E-state index in [2.05, 4.69) is 28.2 Å². The fourth-order valence-electron chi connectivity index (χ4n) is 1.86. The number of hydrogen-bond donors (Lipinski definition) is 1. The van der Waals surface area contributed by atoms with E-state index in [-0.39, 0.29) is 5.91 Å². The zero-order chi connectivity index (χ0) is 15.2. The summed E-state index contributed by atoms with van der Waals surface area (Å²) >= 11 is 3.40. The Labute approximate surface area is 133 Å². The summed E-state index contributed by atoms with van der Waals surface area (Å²) in [5, 5.41) is 2.84. The average Bonchev–Trinajstić information content (AvgIpc) is 2.50. The number of halogens is 1. The first kappa shape index (κ1) is 15.6. The van der Waals surface area contributed by atoms with Crippen molar-refractivity contribution in [2.75, 3.05) is 5.32 Å². The van der Waals surface area contributed by atoms with Crippen LogP contribution in [-0.2, 0) is 11.2 Å². The van der Waals surface area contributed by atoms with Crippen LogP contribution in [0.2, 0.25) is 0 Å². The number of para-hydroxylation sites is 1. The number of carbonyl (C=O) groups excluding carboxylic acids is 1. The van der Waals surface area contributed by atoms with Crippen LogP contribution < -0.4 is 10.1 Å². The second-order valence-corrected chi connectivity index (χ2v) is 5.58. The molecule has 2 aromatic carbocycles. The van der Waals surface area contributed by atoms with Gasteiger partial charge in [-0.3, -0.25) is 4.79 Å². The lowest BCUT2D eigenvalue weighted by Gasteiger charge is -2.15. The molecule has 0 saturated heterocycles. The second-order valence-electron chi connectivity index (χ2n) is 4.73. The van der Waals surface area contributed by atoms with Gasteiger partial charge in [-0.1, -0.05) is 31.2 Å². The topological polar surface area (TPSA) is 38.3 Å². The van der Waals surface area contributed by atoms with Gasteiger partial charge in [-0.05, 0) is 59.1 Å². The summed E-state index contributed by atoms with van der Waals surface area (Å²) in [6.45, 7) is 3.84. The van der Waals surface area contributed by atoms with Crippen molar-refractivity contribution >= 4 is 27.5 Å². The molecule has 2 rings (SSSR count). The molecule has 0 fully saturated rings. The van der Waals surface area contributed by atoms with Crippen LogP contribution in [0.3, 0.4) is 0 Å². The zero-order valence-electron chi connectivity index (χ0n) is 12.1. The Morgan fingerprint density at radius 2 is 1.86 bits per heavy atom. The van der Waals surface area contributed by atoms with Gasteiger partial charge in [0.1, 0.15) is 5.75 Å². The van der Waals surface area contributed by atoms with Gasteiger partial charge in [0.05, 0.1) is 5.69 Å². The lowest BCUT2D eigenvalue weighted by atomic mass is 10.2. The van der Waals surface area contributed by atoms with E-state index in [1.54, 1.807) is 6.92 Å². The molecule has 2 aromatic rings. The molecule has 0 radical (unpaired) electrons. The number of anilines is 1. The van der Waals surface area contributed by atoms with Crippen LogP contribution in [0.1, 0.15) is 19.4 Å². The molecule has 0 saturated carbocycles. The number of benzene rings is 2. The number of aryl methyl sites for hydroxylation is 1. The van der Waals surface area contributed by atoms with Crippen LogP contribution in [0, 0.1) is 0 Å². The maximum Gasteiger partial charge on any atom is 0.265 e. The first-order chi connectivity index (χ1) is 10.1. The van der Waals surface area contributed by atoms with E-state index in [1.807, 2.05) is 48.5 Å². The van der Waals surface area contributed by atoms with Gasteiger partial charge in [0.15, 0.2) is 6.10 Å². The minimum atomic E-state index is -0.565. The number of nitrogens with one attached hydrogen (secondary N) is 1. The molecule has 4 heteroatoms. The van der Waals surface area contributed by atoms with Gasteiger partial charge in [-0.2, -0.15) is 0 Å². The molecule has 0 spiro atoms. The normalized spacial score (nSPS) is 11.8. The van der Waals surface area contributed by atoms with Crippen molar-refractivity contribution in [2.24, 2.45) is 0 Å². The molecular formula is C17H18BrNO2. The predicted molar refractivity (Wildman–Crippen MR) is 88.7 cm³/mol. The Morgan fingerprint density at radius 3 is 2.48 bits per heavy atom. The Morgan fingerprint density at radius 1 is 1.19 bits per heavy atom. The van der Waals surface area contributed by atoms with Crippen LogP contribution >= 0.6 is 15.9 Å². The lowest BCUT2D eigenvalue weighted by Crippen LogP contribution is -2.30. The molecule has 0 heterocycles. The van der Waals surface area contributed by atoms with Crippen molar-refractivity contribution in [2.45, 2.75) is 26.4 Å². The monoisotopic (exact) mass is 347 g/mol. The zero-order valence-corrected chi connectivity index (χ0v) is 13.7. The van der Waals surface area contributed by atoms with Gasteiger partial charge in [0, 0.05) is 4.47 Å². The third-order valence-corrected chi connectivity index (χ3v) is 3.84. The van der Waals surface area contributed by atoms with E-state index in [4.69, 9.17) is 4.74 Å². The Kier molecular flexibility index (Phi) is 5.39. The fourth-order valence-corrected chi connectivity index (χ4v) is 2.24. The fraction of sp³-hybridized carbons (Fsp3) is 0.235. The van der Waals surface area contributed by atoms with Crippen LogP contribution in [0.15, 0.2) is 53.0 Å². The van der Waals surface area contributed by atoms with Crippen molar-refractivity contribution in [3.63, 3.8) is 0 Å². The van der Waals surface area contributed by atoms with Crippen LogP contribution in [0.5, 0.6) is 5.75 Å². The number of ether oxygens (including phenoxy) is 1. The van der Waals surface area contributed by atoms with Gasteiger partial charge in [-0.25, -0.2) is 0 Å². The highest BCUT2D eigenvalue weighted by Gasteiger charge is 2.15. The van der Waals surface area contributed by atoms with E-state index in [1.165, 1.54) is 5.56 Å². The van der Waals surface area contributed by atoms with Crippen molar-refractivity contribution in [3.8, 4) is 5.75 Å². The maximum atomic E-state index is 12.1. The van der Waals surface area contributed by atoms with Gasteiger partial charge < -0.3 is 10.1 Å². The van der Waals surface area contributed by atoms with Crippen molar-refractivity contribution in [1.82, 2.24) is 0 Å². The molecule has 0 aliphatic carbocycles. The Hall–Kier alpha value is -1.81. The number of hydrogen-bond acceptors (Lipinski definition) is 2. The first-order valence-corrected chi connectivity index (χ1v) is 7.70. The molecule has 21 heavy (non-hydrogen) atoms. The summed E-state index contributed by atoms with van der Waals surface area (Å²) in [6, 6.07) is 15.3. The summed E-state index contributed by atoms with van der Waals surface area (Å²) in [5.74, 6) is 0.517. The quantitative estimate of drug-likeness (QED) is 0.869. The van der Waals surface area contributed by atoms with Crippen molar-refractivity contribution < 1.29 is 9.53 Å². The molecule has 1 unspecified atom stereocenters. The molecule has 0 aromatic heterocycles. The van der Waals surface area contributed by atoms with E-state index in [0.717, 1.165) is 16.6 Å². The summed E-state index contributed by atoms with van der Waals surface area (Å²) in [5.41, 5.74) is 1.98. The average molecular weight is 348 g/mol. The number of carbonyl (C=O) groups is 1. The number of amides is 1. The predicted octanol–water partition coefficient (Wildman–Crippen LogP) is 4.42. The molecule has 1 atom stereocenters. The standard InChI is InChI=1S/C17H18BrNO2/c1-3-13-8-10-14(11-9-13)21-12(2)17(20)19-16-7-5-4-6-15(16)18/h4-12H,3H2,1-2H3,(H,19,20). The Bertz CT molecular complexity index is 610. The van der Waals surface area contributed by atoms with Gasteiger partial charge in [-0.15, -0.1) is 0 Å². The molecule has 3 nitrogen and oxygen atoms in total. The minimum absolute atomic E-state index is 0.179. The second kappa shape index (κ2) is 7.27. The molecule has 0 bridgehead atoms. The summed E-state index contributed by atoms with van der Waals surface area (Å²) in [7, 11) is 0. The van der Waals surface area contributed by atoms with Crippen LogP contribution in [0.4, 0.5) is 5.69 Å². The van der Waals surface area contributed by atoms with Gasteiger partial charge in [0.25, 0.3) is 5.91 Å². The van der Waals surface area contributed by atoms with Gasteiger partial charge >= 0.3 is 0 Å². The molecule has 0 aliphatic rings. The van der Waals surface area contributed by atoms with Crippen molar-refractivity contribution in [3.05, 3.63) is 58.6 Å². The van der Waals surface area contributed by atoms with E-state index in [9.17, 15) is 4.79 Å². The molecule has 1 amide bonds. The molecule has 0 aliphatic heterocycles. The smallest absolute Gasteiger partial charge is 0.265 e. The third-order valence-electron chi connectivity index (χ3n) is 3.15. The van der Waals surface area contributed by atoms with Crippen LogP contribution in [0.25, 0.3) is 0 Å². The van der Waals surface area contributed by atoms with E-state index >= 15 is 0 Å². The minimum Gasteiger partial charge on any atom is -0.481 e. The van der Waals surface area contributed by atoms with Crippen molar-refractivity contribution in [1.29, 1.82) is 0 Å². The lowest BCUT2D eigenvalue weighted by molar-refractivity contribution is -0.122. The van der Waals surface area contributed by atoms with Crippen LogP contribution in [-0.4, -0.2) is 12.0 Å². The largest absolute Gasteiger partial charge is 0.481 e. The Balaban J connectivity index is 1.97. The van der Waals surface area contributed by atoms with Gasteiger partial charge in [0.2, 0.25) is 0 Å². The van der Waals surface area contributed by atoms with E-state index < -0.39 is 6.10 Å². The SMILES string of the molecule is CCc1ccc(OC(C)C(=O)Nc2ccccc2Br)cc1. The third kappa shape index (κ3) is 4.33. The van der Waals surface area contributed by atoms with E-state index in [0.29, 0.717) is 5.75 Å². The first-order valence-electron chi connectivity index (χ1n) is 6.91. The highest BCUT2D eigenvalue weighted by Crippen LogP contribution is 2.22. The summed E-state index contributed by atoms with van der Waals surface area (Å²) in [4.78, 5) is 12.1. The molecule has 110 valence electrons. The summed E-state index contributed by atoms with van der Waals surface area (Å²) < 4.78 is 6.51. The highest BCUT2D eigenvalue weighted by atomic mass is 79.9. The molecular weight excluding hydrogens is 330 g/mol. The maximum absolute atomic E-state index is 12.1. The highest BCUT2D eigenvalue weighted by molar-refractivity contribution is 9.10.